The number of nitrogens with one attached hydrogen (secondary N) is 2. The standard InChI is InChI=1S/C43H55N7O12S5/c1-42(2,3)12-14-49-30-24-10-8-22(61-24)26(30)32(51)28(40(49)53)36-44-38-34(66(57,58)46-36)20(18-63-38)16-48(65(7,55)56)17-21-19-64-39-35(21)67(59,60)47-37(45-39)29-33(52)27-23-9-11-25(62-23)31(27)50(41(29)54)15-13-43(4,5)6/h18-19,22-31H,8-17H2,1-7H3,(H,44,46)(H,45,47). The first-order valence-electron chi connectivity index (χ1n) is 22.6. The number of hydrogen-bond acceptors (Lipinski definition) is 16. The molecule has 0 radical (unpaired) electrons. The van der Waals surface area contributed by atoms with Gasteiger partial charge in [0.1, 0.15) is 31.5 Å². The molecule has 19 nitrogen and oxygen atoms in total. The minimum absolute atomic E-state index is 0.0361. The topological polar surface area (TPSA) is 248 Å². The van der Waals surface area contributed by atoms with E-state index in [4.69, 9.17) is 9.47 Å². The van der Waals surface area contributed by atoms with Gasteiger partial charge in [0.25, 0.3) is 20.0 Å². The van der Waals surface area contributed by atoms with Gasteiger partial charge in [-0.25, -0.2) is 8.42 Å². The Hall–Kier alpha value is -3.65. The zero-order valence-corrected chi connectivity index (χ0v) is 42.3. The van der Waals surface area contributed by atoms with Gasteiger partial charge >= 0.3 is 0 Å². The van der Waals surface area contributed by atoms with Crippen LogP contribution in [0.15, 0.2) is 29.3 Å². The molecule has 2 amide bonds. The molecule has 10 unspecified atom stereocenters. The Balaban J connectivity index is 0.902. The van der Waals surface area contributed by atoms with Crippen molar-refractivity contribution in [1.29, 1.82) is 0 Å². The summed E-state index contributed by atoms with van der Waals surface area (Å²) in [4.78, 5) is 59.7. The molecule has 2 aromatic rings. The Morgan fingerprint density at radius 3 is 1.40 bits per heavy atom. The summed E-state index contributed by atoms with van der Waals surface area (Å²) in [6.07, 6.45) is 3.59. The Bertz CT molecular complexity index is 2720. The Labute approximate surface area is 398 Å². The van der Waals surface area contributed by atoms with Crippen LogP contribution in [0, 0.1) is 34.5 Å². The molecule has 0 spiro atoms. The molecule has 0 aromatic carbocycles. The first kappa shape index (κ1) is 47.0. The summed E-state index contributed by atoms with van der Waals surface area (Å²) in [6, 6.07) is -0.884. The van der Waals surface area contributed by atoms with Gasteiger partial charge in [-0.15, -0.1) is 31.5 Å². The molecular weight excluding hydrogens is 967 g/mol. The van der Waals surface area contributed by atoms with E-state index in [-0.39, 0.29) is 77.8 Å². The molecule has 67 heavy (non-hydrogen) atoms. The molecule has 364 valence electrons. The minimum atomic E-state index is -4.62. The van der Waals surface area contributed by atoms with Crippen LogP contribution in [0.3, 0.4) is 0 Å². The smallest absolute Gasteiger partial charge is 0.287 e. The predicted molar refractivity (Wildman–Crippen MR) is 248 cm³/mol. The second-order valence-electron chi connectivity index (χ2n) is 21.5. The molecule has 10 atom stereocenters. The zero-order chi connectivity index (χ0) is 48.1. The number of thiophene rings is 2. The highest BCUT2D eigenvalue weighted by molar-refractivity contribution is 7.91. The molecule has 0 aliphatic carbocycles. The number of hydrogen-bond donors (Lipinski definition) is 2. The molecule has 10 rings (SSSR count). The van der Waals surface area contributed by atoms with Crippen molar-refractivity contribution in [2.24, 2.45) is 43.3 Å². The molecule has 2 N–H and O–H groups in total. The number of nitrogens with zero attached hydrogens (tertiary/aromatic N) is 5. The molecule has 10 heterocycles. The summed E-state index contributed by atoms with van der Waals surface area (Å²) in [5.74, 6) is -6.92. The highest BCUT2D eigenvalue weighted by Gasteiger charge is 2.64. The number of piperidine rings is 2. The van der Waals surface area contributed by atoms with Crippen LogP contribution in [0.25, 0.3) is 0 Å². The lowest BCUT2D eigenvalue weighted by molar-refractivity contribution is -0.152. The number of sulfonamides is 3. The van der Waals surface area contributed by atoms with Crippen LogP contribution in [0.1, 0.15) is 91.2 Å². The molecule has 8 aliphatic rings. The van der Waals surface area contributed by atoms with Gasteiger partial charge < -0.3 is 29.9 Å². The maximum absolute atomic E-state index is 14.3. The molecule has 8 aliphatic heterocycles. The molecule has 24 heteroatoms. The lowest BCUT2D eigenvalue weighted by Gasteiger charge is -2.44. The molecule has 4 bridgehead atoms. The van der Waals surface area contributed by atoms with E-state index in [1.165, 1.54) is 10.8 Å². The summed E-state index contributed by atoms with van der Waals surface area (Å²) in [5, 5.41) is 8.90. The van der Waals surface area contributed by atoms with E-state index in [1.807, 2.05) is 41.5 Å². The molecule has 2 aromatic heterocycles. The predicted octanol–water partition coefficient (Wildman–Crippen LogP) is 3.82. The molecular formula is C43H55N7O12S5. The first-order chi connectivity index (χ1) is 31.2. The molecule has 6 fully saturated rings. The van der Waals surface area contributed by atoms with E-state index in [2.05, 4.69) is 19.4 Å². The van der Waals surface area contributed by atoms with Crippen LogP contribution in [-0.4, -0.2) is 130 Å². The van der Waals surface area contributed by atoms with Crippen LogP contribution in [0.4, 0.5) is 10.0 Å². The normalized spacial score (nSPS) is 32.7. The Kier molecular flexibility index (Phi) is 11.2. The average molecular weight is 1020 g/mol. The summed E-state index contributed by atoms with van der Waals surface area (Å²) in [6.45, 7) is 12.0. The van der Waals surface area contributed by atoms with E-state index < -0.39 is 102 Å². The lowest BCUT2D eigenvalue weighted by atomic mass is 9.73. The fourth-order valence-corrected chi connectivity index (χ4v) is 17.3. The number of amides is 2. The number of anilines is 2. The van der Waals surface area contributed by atoms with Crippen molar-refractivity contribution < 1.29 is 53.9 Å². The van der Waals surface area contributed by atoms with Gasteiger partial charge in [0.15, 0.2) is 23.4 Å². The highest BCUT2D eigenvalue weighted by atomic mass is 32.2. The van der Waals surface area contributed by atoms with E-state index in [0.717, 1.165) is 46.1 Å². The van der Waals surface area contributed by atoms with Gasteiger partial charge in [0, 0.05) is 37.3 Å². The van der Waals surface area contributed by atoms with E-state index in [0.29, 0.717) is 38.8 Å². The van der Waals surface area contributed by atoms with E-state index >= 15 is 0 Å². The molecule has 6 saturated heterocycles. The Morgan fingerprint density at radius 1 is 0.672 bits per heavy atom. The van der Waals surface area contributed by atoms with Crippen molar-refractivity contribution in [3.8, 4) is 0 Å². The third-order valence-electron chi connectivity index (χ3n) is 14.5. The van der Waals surface area contributed by atoms with Crippen molar-refractivity contribution >= 4 is 97.8 Å². The summed E-state index contributed by atoms with van der Waals surface area (Å²) < 4.78 is 105. The van der Waals surface area contributed by atoms with Gasteiger partial charge in [-0.05, 0) is 60.1 Å². The maximum atomic E-state index is 14.3. The first-order valence-corrected chi connectivity index (χ1v) is 29.1. The van der Waals surface area contributed by atoms with Crippen molar-refractivity contribution in [3.05, 3.63) is 21.9 Å². The number of Topliss-reactive ketones (excluding diaryl/α,β-unsaturated/α-hetero) is 2. The van der Waals surface area contributed by atoms with E-state index in [9.17, 15) is 44.4 Å². The second kappa shape index (κ2) is 15.9. The van der Waals surface area contributed by atoms with Gasteiger partial charge in [0.05, 0.1) is 54.6 Å². The van der Waals surface area contributed by atoms with Gasteiger partial charge in [-0.2, -0.15) is 21.1 Å². The number of carbonyl (C=O) groups is 4. The third-order valence-corrected chi connectivity index (χ3v) is 20.6. The number of likely N-dealkylation sites (tertiary alicyclic amines) is 2. The minimum Gasteiger partial charge on any atom is -0.372 e. The van der Waals surface area contributed by atoms with Crippen LogP contribution >= 0.6 is 22.7 Å². The van der Waals surface area contributed by atoms with Crippen LogP contribution < -0.4 is 10.6 Å². The van der Waals surface area contributed by atoms with Gasteiger partial charge in [0.2, 0.25) is 21.8 Å². The zero-order valence-electron chi connectivity index (χ0n) is 38.2. The summed E-state index contributed by atoms with van der Waals surface area (Å²) in [5.41, 5.74) is -0.196. The summed E-state index contributed by atoms with van der Waals surface area (Å²) >= 11 is 1.88. The van der Waals surface area contributed by atoms with Crippen LogP contribution in [0.5, 0.6) is 0 Å². The highest BCUT2D eigenvalue weighted by Crippen LogP contribution is 2.50. The fourth-order valence-electron chi connectivity index (χ4n) is 11.3. The Morgan fingerprint density at radius 2 is 1.04 bits per heavy atom. The maximum Gasteiger partial charge on any atom is 0.287 e. The molecule has 0 saturated carbocycles. The van der Waals surface area contributed by atoms with Crippen molar-refractivity contribution in [2.45, 2.75) is 139 Å². The lowest BCUT2D eigenvalue weighted by Crippen LogP contribution is -2.63. The fraction of sp³-hybridized carbons (Fsp3) is 0.674. The van der Waals surface area contributed by atoms with Crippen molar-refractivity contribution in [2.75, 3.05) is 30.0 Å². The van der Waals surface area contributed by atoms with Crippen LogP contribution in [0.2, 0.25) is 0 Å². The third kappa shape index (κ3) is 8.01. The van der Waals surface area contributed by atoms with E-state index in [1.54, 1.807) is 9.80 Å². The SMILES string of the molecule is CC(C)(C)CCN1C(=O)C(C2=NS(=O)(=O)c3c(CN(Cc4csc5c4S(=O)(=O)N=C(C4C(=O)C6C7CCC(O7)C6N(CCC(C)(C)C)C4=O)N5)S(C)(=O)=O)csc3N2)C(=O)C2C3CCC(O3)C21. The average Bonchev–Trinajstić information content (AvgIpc) is 4.07. The number of ketones is 2. The summed E-state index contributed by atoms with van der Waals surface area (Å²) in [7, 11) is -13.4. The van der Waals surface area contributed by atoms with Crippen LogP contribution in [-0.2, 0) is 71.8 Å². The van der Waals surface area contributed by atoms with Crippen molar-refractivity contribution in [1.82, 2.24) is 14.1 Å². The number of amidine groups is 2. The second-order valence-corrected chi connectivity index (χ2v) is 28.3. The quantitative estimate of drug-likeness (QED) is 0.304. The van der Waals surface area contributed by atoms with Gasteiger partial charge in [-0.3, -0.25) is 19.2 Å². The monoisotopic (exact) mass is 1020 g/mol. The number of fused-ring (bicyclic) bond motifs is 12. The van der Waals surface area contributed by atoms with Gasteiger partial charge in [-0.1, -0.05) is 41.5 Å². The van der Waals surface area contributed by atoms with Crippen molar-refractivity contribution in [3.63, 3.8) is 0 Å². The number of rotatable bonds is 11. The largest absolute Gasteiger partial charge is 0.372 e. The number of carbonyl (C=O) groups excluding carboxylic acids is 4. The number of ether oxygens (including phenoxy) is 2.